The fourth-order valence-electron chi connectivity index (χ4n) is 4.09. The molecule has 1 aliphatic rings. The minimum Gasteiger partial charge on any atom is -0.497 e. The molecule has 0 aromatic heterocycles. The Morgan fingerprint density at radius 2 is 1.69 bits per heavy atom. The van der Waals surface area contributed by atoms with Gasteiger partial charge in [0.1, 0.15) is 5.75 Å². The molecular weight excluding hydrogens is 448 g/mol. The number of ether oxygens (including phenoxy) is 1. The second-order valence-corrected chi connectivity index (χ2v) is 12.7. The summed E-state index contributed by atoms with van der Waals surface area (Å²) in [5, 5.41) is 2.23. The van der Waals surface area contributed by atoms with Crippen LogP contribution in [0.1, 0.15) is 24.1 Å². The fourth-order valence-corrected chi connectivity index (χ4v) is 8.81. The third kappa shape index (κ3) is 5.51. The molecule has 7 nitrogen and oxygen atoms in total. The van der Waals surface area contributed by atoms with Crippen molar-refractivity contribution in [1.29, 1.82) is 0 Å². The topological polar surface area (TPSA) is 92.8 Å². The number of rotatable bonds is 9. The lowest BCUT2D eigenvalue weighted by atomic mass is 10.0. The highest BCUT2D eigenvalue weighted by molar-refractivity contribution is 7.96. The van der Waals surface area contributed by atoms with Crippen LogP contribution in [0.15, 0.2) is 53.4 Å². The van der Waals surface area contributed by atoms with Gasteiger partial charge in [0.2, 0.25) is 0 Å². The lowest BCUT2D eigenvalue weighted by Gasteiger charge is -2.28. The van der Waals surface area contributed by atoms with Gasteiger partial charge in [0.05, 0.1) is 28.8 Å². The summed E-state index contributed by atoms with van der Waals surface area (Å²) in [5.41, 5.74) is 2.34. The van der Waals surface area contributed by atoms with E-state index >= 15 is 0 Å². The SMILES string of the molecule is CCc1ccc(C(CN[C@H]2CS(=O)(=O)C[C@@H]2S(=O)(=O)c2ccc(OC)cc2)N(C)C)cc1. The van der Waals surface area contributed by atoms with Crippen molar-refractivity contribution >= 4 is 19.7 Å². The van der Waals surface area contributed by atoms with Gasteiger partial charge in [0, 0.05) is 18.6 Å². The molecule has 1 fully saturated rings. The summed E-state index contributed by atoms with van der Waals surface area (Å²) in [6.07, 6.45) is 0.954. The number of nitrogens with one attached hydrogen (secondary N) is 1. The number of hydrogen-bond donors (Lipinski definition) is 1. The molecule has 1 N–H and O–H groups in total. The molecule has 1 heterocycles. The zero-order valence-corrected chi connectivity index (χ0v) is 20.6. The molecule has 2 aromatic rings. The number of likely N-dealkylation sites (N-methyl/N-ethyl adjacent to an activating group) is 1. The molecule has 0 spiro atoms. The molecule has 0 radical (unpaired) electrons. The van der Waals surface area contributed by atoms with Gasteiger partial charge in [0.15, 0.2) is 19.7 Å². The third-order valence-corrected chi connectivity index (χ3v) is 10.2. The van der Waals surface area contributed by atoms with Crippen LogP contribution in [-0.2, 0) is 26.1 Å². The summed E-state index contributed by atoms with van der Waals surface area (Å²) in [7, 11) is -1.89. The standard InChI is InChI=1S/C23H32N2O5S2/c1-5-17-6-8-18(9-7-17)22(25(2)3)14-24-21-15-31(26,27)16-23(21)32(28,29)20-12-10-19(30-4)11-13-20/h6-13,21-24H,5,14-16H2,1-4H3/t21-,22?,23-/m0/s1. The van der Waals surface area contributed by atoms with Crippen LogP contribution in [0.25, 0.3) is 0 Å². The number of nitrogens with zero attached hydrogens (tertiary/aromatic N) is 1. The largest absolute Gasteiger partial charge is 0.497 e. The normalized spacial score (nSPS) is 21.5. The van der Waals surface area contributed by atoms with Crippen LogP contribution in [-0.4, -0.2) is 72.3 Å². The molecule has 3 atom stereocenters. The predicted molar refractivity (Wildman–Crippen MR) is 127 cm³/mol. The monoisotopic (exact) mass is 480 g/mol. The number of sulfone groups is 2. The molecule has 3 rings (SSSR count). The van der Waals surface area contributed by atoms with E-state index in [1.807, 2.05) is 19.0 Å². The maximum Gasteiger partial charge on any atom is 0.183 e. The highest BCUT2D eigenvalue weighted by Crippen LogP contribution is 2.28. The second kappa shape index (κ2) is 9.91. The van der Waals surface area contributed by atoms with Crippen molar-refractivity contribution in [2.24, 2.45) is 0 Å². The number of hydrogen-bond acceptors (Lipinski definition) is 7. The number of methoxy groups -OCH3 is 1. The van der Waals surface area contributed by atoms with Gasteiger partial charge in [0.25, 0.3) is 0 Å². The maximum atomic E-state index is 13.3. The van der Waals surface area contributed by atoms with Crippen molar-refractivity contribution in [3.05, 3.63) is 59.7 Å². The first-order chi connectivity index (χ1) is 15.1. The van der Waals surface area contributed by atoms with Gasteiger partial charge in [-0.3, -0.25) is 0 Å². The van der Waals surface area contributed by atoms with Gasteiger partial charge >= 0.3 is 0 Å². The Morgan fingerprint density at radius 3 is 2.22 bits per heavy atom. The summed E-state index contributed by atoms with van der Waals surface area (Å²) in [5.74, 6) is -0.0284. The van der Waals surface area contributed by atoms with Crippen LogP contribution in [0.3, 0.4) is 0 Å². The van der Waals surface area contributed by atoms with E-state index in [0.29, 0.717) is 12.3 Å². The molecule has 32 heavy (non-hydrogen) atoms. The van der Waals surface area contributed by atoms with Gasteiger partial charge in [-0.15, -0.1) is 0 Å². The Morgan fingerprint density at radius 1 is 1.06 bits per heavy atom. The van der Waals surface area contributed by atoms with E-state index in [-0.39, 0.29) is 22.4 Å². The first-order valence-corrected chi connectivity index (χ1v) is 14.0. The predicted octanol–water partition coefficient (Wildman–Crippen LogP) is 2.09. The van der Waals surface area contributed by atoms with Crippen molar-refractivity contribution < 1.29 is 21.6 Å². The molecule has 1 saturated heterocycles. The Balaban J connectivity index is 1.82. The van der Waals surface area contributed by atoms with Crippen molar-refractivity contribution in [2.45, 2.75) is 35.6 Å². The van der Waals surface area contributed by atoms with Gasteiger partial charge in [-0.05, 0) is 55.9 Å². The molecular formula is C23H32N2O5S2. The van der Waals surface area contributed by atoms with E-state index in [9.17, 15) is 16.8 Å². The summed E-state index contributed by atoms with van der Waals surface area (Å²) in [4.78, 5) is 2.15. The van der Waals surface area contributed by atoms with Crippen LogP contribution >= 0.6 is 0 Å². The van der Waals surface area contributed by atoms with Crippen molar-refractivity contribution in [2.75, 3.05) is 39.3 Å². The van der Waals surface area contributed by atoms with Gasteiger partial charge < -0.3 is 15.0 Å². The quantitative estimate of drug-likeness (QED) is 0.587. The molecule has 9 heteroatoms. The van der Waals surface area contributed by atoms with Gasteiger partial charge in [-0.2, -0.15) is 0 Å². The Kier molecular flexibility index (Phi) is 7.65. The van der Waals surface area contributed by atoms with Crippen LogP contribution in [0, 0.1) is 0 Å². The first kappa shape index (κ1) is 24.7. The summed E-state index contributed by atoms with van der Waals surface area (Å²) in [6, 6.07) is 13.7. The highest BCUT2D eigenvalue weighted by atomic mass is 32.2. The Hall–Kier alpha value is -1.94. The highest BCUT2D eigenvalue weighted by Gasteiger charge is 2.45. The molecule has 0 saturated carbocycles. The van der Waals surface area contributed by atoms with Crippen LogP contribution in [0.5, 0.6) is 5.75 Å². The molecule has 0 aliphatic carbocycles. The zero-order valence-electron chi connectivity index (χ0n) is 19.0. The Labute approximate surface area is 191 Å². The smallest absolute Gasteiger partial charge is 0.183 e. The molecule has 0 bridgehead atoms. The van der Waals surface area contributed by atoms with E-state index in [4.69, 9.17) is 4.74 Å². The molecule has 0 amide bonds. The molecule has 1 unspecified atom stereocenters. The van der Waals surface area contributed by atoms with Crippen molar-refractivity contribution in [3.63, 3.8) is 0 Å². The minimum atomic E-state index is -3.84. The summed E-state index contributed by atoms with van der Waals surface area (Å²) < 4.78 is 56.5. The zero-order chi connectivity index (χ0) is 23.5. The van der Waals surface area contributed by atoms with Gasteiger partial charge in [-0.25, -0.2) is 16.8 Å². The maximum absolute atomic E-state index is 13.3. The van der Waals surface area contributed by atoms with Gasteiger partial charge in [-0.1, -0.05) is 31.2 Å². The fraction of sp³-hybridized carbons (Fsp3) is 0.478. The van der Waals surface area contributed by atoms with Crippen molar-refractivity contribution in [1.82, 2.24) is 10.2 Å². The Bertz CT molecular complexity index is 1110. The van der Waals surface area contributed by atoms with Crippen LogP contribution < -0.4 is 10.1 Å². The molecule has 176 valence electrons. The molecule has 2 aromatic carbocycles. The second-order valence-electron chi connectivity index (χ2n) is 8.43. The van der Waals surface area contributed by atoms with E-state index in [2.05, 4.69) is 36.5 Å². The van der Waals surface area contributed by atoms with E-state index in [1.54, 1.807) is 12.1 Å². The molecule has 1 aliphatic heterocycles. The average molecular weight is 481 g/mol. The minimum absolute atomic E-state index is 0.0199. The van der Waals surface area contributed by atoms with Crippen LogP contribution in [0.2, 0.25) is 0 Å². The lowest BCUT2D eigenvalue weighted by Crippen LogP contribution is -2.46. The first-order valence-electron chi connectivity index (χ1n) is 10.6. The van der Waals surface area contributed by atoms with E-state index < -0.39 is 31.0 Å². The third-order valence-electron chi connectivity index (χ3n) is 6.06. The summed E-state index contributed by atoms with van der Waals surface area (Å²) >= 11 is 0. The van der Waals surface area contributed by atoms with Crippen LogP contribution in [0.4, 0.5) is 0 Å². The van der Waals surface area contributed by atoms with Crippen molar-refractivity contribution in [3.8, 4) is 5.75 Å². The average Bonchev–Trinajstić information content (AvgIpc) is 3.09. The number of aryl methyl sites for hydroxylation is 1. The lowest BCUT2D eigenvalue weighted by molar-refractivity contribution is 0.282. The van der Waals surface area contributed by atoms with E-state index in [1.165, 1.54) is 24.8 Å². The summed E-state index contributed by atoms with van der Waals surface area (Å²) in [6.45, 7) is 2.54. The van der Waals surface area contributed by atoms with E-state index in [0.717, 1.165) is 12.0 Å². The number of benzene rings is 2.